The lowest BCUT2D eigenvalue weighted by Crippen LogP contribution is -2.14. The summed E-state index contributed by atoms with van der Waals surface area (Å²) in [6, 6.07) is 12.3. The van der Waals surface area contributed by atoms with Crippen LogP contribution in [0.1, 0.15) is 46.6 Å². The van der Waals surface area contributed by atoms with E-state index in [0.29, 0.717) is 0 Å². The number of aryl methyl sites for hydroxylation is 2. The highest BCUT2D eigenvalue weighted by Crippen LogP contribution is 2.34. The summed E-state index contributed by atoms with van der Waals surface area (Å²) in [5, 5.41) is 0. The average Bonchev–Trinajstić information content (AvgIpc) is 2.59. The number of fused-ring (bicyclic) bond motifs is 1. The van der Waals surface area contributed by atoms with Gasteiger partial charge in [0.15, 0.2) is 0 Å². The predicted molar refractivity (Wildman–Crippen MR) is 96.2 cm³/mol. The molecule has 0 aromatic heterocycles. The van der Waals surface area contributed by atoms with E-state index in [1.807, 2.05) is 18.2 Å². The predicted octanol–water partition coefficient (Wildman–Crippen LogP) is 5.86. The molecule has 0 radical (unpaired) electrons. The summed E-state index contributed by atoms with van der Waals surface area (Å²) >= 11 is 0. The lowest BCUT2D eigenvalue weighted by molar-refractivity contribution is 0.533. The molecular formula is C22H23F. The molecule has 1 atom stereocenters. The highest BCUT2D eigenvalue weighted by Gasteiger charge is 2.22. The van der Waals surface area contributed by atoms with Crippen LogP contribution >= 0.6 is 0 Å². The quantitative estimate of drug-likeness (QED) is 0.607. The van der Waals surface area contributed by atoms with E-state index in [4.69, 9.17) is 0 Å². The summed E-state index contributed by atoms with van der Waals surface area (Å²) in [5.74, 6) is 0.179. The molecule has 0 spiro atoms. The smallest absolute Gasteiger partial charge is 0.127 e. The molecule has 0 saturated carbocycles. The molecule has 0 N–H and O–H groups in total. The Morgan fingerprint density at radius 2 is 1.96 bits per heavy atom. The first-order chi connectivity index (χ1) is 11.2. The summed E-state index contributed by atoms with van der Waals surface area (Å²) in [5.41, 5.74) is 5.87. The monoisotopic (exact) mass is 306 g/mol. The van der Waals surface area contributed by atoms with Crippen LogP contribution in [0.3, 0.4) is 0 Å². The van der Waals surface area contributed by atoms with Gasteiger partial charge in [-0.2, -0.15) is 0 Å². The molecule has 0 heterocycles. The van der Waals surface area contributed by atoms with E-state index < -0.39 is 0 Å². The fraction of sp³-hybridized carbons (Fsp3) is 0.273. The zero-order chi connectivity index (χ0) is 16.2. The summed E-state index contributed by atoms with van der Waals surface area (Å²) in [6.45, 7) is 7.49. The Hall–Kier alpha value is -2.15. The van der Waals surface area contributed by atoms with Crippen LogP contribution in [-0.4, -0.2) is 0 Å². The summed E-state index contributed by atoms with van der Waals surface area (Å²) in [7, 11) is 0. The Bertz CT molecular complexity index is 727. The molecule has 0 nitrogen and oxygen atoms in total. The molecule has 0 bridgehead atoms. The van der Waals surface area contributed by atoms with Gasteiger partial charge in [-0.25, -0.2) is 4.39 Å². The van der Waals surface area contributed by atoms with Crippen molar-refractivity contribution in [3.05, 3.63) is 89.3 Å². The second kappa shape index (κ2) is 6.95. The molecule has 0 fully saturated rings. The third kappa shape index (κ3) is 3.44. The van der Waals surface area contributed by atoms with Gasteiger partial charge in [-0.05, 0) is 71.9 Å². The number of halogens is 1. The Balaban J connectivity index is 1.80. The Kier molecular flexibility index (Phi) is 4.76. The third-order valence-corrected chi connectivity index (χ3v) is 4.84. The number of allylic oxidation sites excluding steroid dienone is 1. The second-order valence-corrected chi connectivity index (χ2v) is 6.36. The number of benzene rings is 2. The zero-order valence-corrected chi connectivity index (χ0v) is 13.5. The van der Waals surface area contributed by atoms with Gasteiger partial charge in [-0.3, -0.25) is 0 Å². The van der Waals surface area contributed by atoms with E-state index in [9.17, 15) is 4.39 Å². The zero-order valence-electron chi connectivity index (χ0n) is 13.5. The number of hydrogen-bond donors (Lipinski definition) is 0. The number of rotatable bonds is 5. The molecule has 1 aliphatic rings. The van der Waals surface area contributed by atoms with Crippen molar-refractivity contribution in [3.8, 4) is 0 Å². The van der Waals surface area contributed by atoms with E-state index >= 15 is 0 Å². The van der Waals surface area contributed by atoms with Crippen molar-refractivity contribution in [2.45, 2.75) is 38.0 Å². The third-order valence-electron chi connectivity index (χ3n) is 4.84. The van der Waals surface area contributed by atoms with Gasteiger partial charge < -0.3 is 0 Å². The number of hydrogen-bond acceptors (Lipinski definition) is 0. The van der Waals surface area contributed by atoms with Crippen molar-refractivity contribution < 1.29 is 4.39 Å². The molecule has 3 rings (SSSR count). The minimum Gasteiger partial charge on any atom is -0.207 e. The first-order valence-corrected chi connectivity index (χ1v) is 8.34. The second-order valence-electron chi connectivity index (χ2n) is 6.36. The van der Waals surface area contributed by atoms with Gasteiger partial charge in [0.25, 0.3) is 0 Å². The molecule has 1 aliphatic carbocycles. The highest BCUT2D eigenvalue weighted by molar-refractivity contribution is 5.48. The maximum atomic E-state index is 14.3. The fourth-order valence-corrected chi connectivity index (χ4v) is 3.50. The van der Waals surface area contributed by atoms with Crippen LogP contribution < -0.4 is 0 Å². The van der Waals surface area contributed by atoms with E-state index in [1.165, 1.54) is 16.7 Å². The van der Waals surface area contributed by atoms with E-state index in [0.717, 1.165) is 43.2 Å². The molecule has 118 valence electrons. The lowest BCUT2D eigenvalue weighted by atomic mass is 9.79. The van der Waals surface area contributed by atoms with Crippen molar-refractivity contribution in [3.63, 3.8) is 0 Å². The molecule has 2 aromatic rings. The Morgan fingerprint density at radius 1 is 1.09 bits per heavy atom. The van der Waals surface area contributed by atoms with Gasteiger partial charge in [-0.1, -0.05) is 49.1 Å². The molecule has 0 amide bonds. The normalized spacial score (nSPS) is 16.7. The van der Waals surface area contributed by atoms with Crippen LogP contribution in [0.2, 0.25) is 0 Å². The average molecular weight is 306 g/mol. The molecule has 1 unspecified atom stereocenters. The lowest BCUT2D eigenvalue weighted by Gasteiger charge is -2.26. The van der Waals surface area contributed by atoms with E-state index in [1.54, 1.807) is 12.1 Å². The van der Waals surface area contributed by atoms with Crippen LogP contribution in [0.4, 0.5) is 4.39 Å². The molecule has 2 aromatic carbocycles. The highest BCUT2D eigenvalue weighted by atomic mass is 19.1. The van der Waals surface area contributed by atoms with Gasteiger partial charge in [0, 0.05) is 0 Å². The molecule has 0 aliphatic heterocycles. The van der Waals surface area contributed by atoms with Crippen molar-refractivity contribution >= 4 is 6.08 Å². The van der Waals surface area contributed by atoms with Gasteiger partial charge in [0.1, 0.15) is 5.82 Å². The van der Waals surface area contributed by atoms with Crippen LogP contribution in [-0.2, 0) is 19.3 Å². The SMILES string of the molecule is C=CCCc1ccc2c(c1)CCC(c1ccc(C=C)cc1F)C2. The minimum absolute atomic E-state index is 0.0987. The molecule has 1 heteroatoms. The van der Waals surface area contributed by atoms with Crippen LogP contribution in [0, 0.1) is 5.82 Å². The van der Waals surface area contributed by atoms with E-state index in [2.05, 4.69) is 31.4 Å². The van der Waals surface area contributed by atoms with Crippen molar-refractivity contribution in [1.82, 2.24) is 0 Å². The maximum Gasteiger partial charge on any atom is 0.127 e. The molecule has 0 saturated heterocycles. The fourth-order valence-electron chi connectivity index (χ4n) is 3.50. The van der Waals surface area contributed by atoms with Gasteiger partial charge in [-0.15, -0.1) is 6.58 Å². The summed E-state index contributed by atoms with van der Waals surface area (Å²) in [6.07, 6.45) is 8.70. The first-order valence-electron chi connectivity index (χ1n) is 8.34. The van der Waals surface area contributed by atoms with Crippen LogP contribution in [0.25, 0.3) is 6.08 Å². The van der Waals surface area contributed by atoms with Crippen molar-refractivity contribution in [1.29, 1.82) is 0 Å². The summed E-state index contributed by atoms with van der Waals surface area (Å²) in [4.78, 5) is 0. The van der Waals surface area contributed by atoms with E-state index in [-0.39, 0.29) is 11.7 Å². The maximum absolute atomic E-state index is 14.3. The van der Waals surface area contributed by atoms with Gasteiger partial charge in [0.2, 0.25) is 0 Å². The van der Waals surface area contributed by atoms with Crippen molar-refractivity contribution in [2.75, 3.05) is 0 Å². The van der Waals surface area contributed by atoms with Crippen LogP contribution in [0.15, 0.2) is 55.6 Å². The van der Waals surface area contributed by atoms with Gasteiger partial charge in [0.05, 0.1) is 0 Å². The molecule has 23 heavy (non-hydrogen) atoms. The standard InChI is InChI=1S/C22H23F/c1-3-5-6-17-7-9-19-15-20(11-10-18(19)13-17)21-12-8-16(4-2)14-22(21)23/h3-4,7-9,12-14,20H,1-2,5-6,10-11,15H2. The Morgan fingerprint density at radius 3 is 2.70 bits per heavy atom. The summed E-state index contributed by atoms with van der Waals surface area (Å²) < 4.78 is 14.3. The van der Waals surface area contributed by atoms with Crippen molar-refractivity contribution in [2.24, 2.45) is 0 Å². The topological polar surface area (TPSA) is 0 Å². The Labute approximate surface area is 138 Å². The largest absolute Gasteiger partial charge is 0.207 e. The van der Waals surface area contributed by atoms with Gasteiger partial charge >= 0.3 is 0 Å². The molecular weight excluding hydrogens is 283 g/mol. The first kappa shape index (κ1) is 15.7. The minimum atomic E-state index is -0.0987. The van der Waals surface area contributed by atoms with Crippen LogP contribution in [0.5, 0.6) is 0 Å².